The van der Waals surface area contributed by atoms with Gasteiger partial charge in [-0.15, -0.1) is 0 Å². The molecule has 0 aromatic rings. The molecular weight excluding hydrogens is 208 g/mol. The summed E-state index contributed by atoms with van der Waals surface area (Å²) in [5.74, 6) is -1.11. The van der Waals surface area contributed by atoms with E-state index >= 15 is 0 Å². The van der Waals surface area contributed by atoms with Crippen molar-refractivity contribution in [1.29, 1.82) is 0 Å². The summed E-state index contributed by atoms with van der Waals surface area (Å²) in [4.78, 5) is 10.8. The third-order valence-electron chi connectivity index (χ3n) is 2.28. The standard InChI is InChI=1S/C7H14N2O4S/c1-2-8-14(12,13)9-7(6(10)11)4-3-5-7/h8-9H,2-5H2,1H3,(H,10,11). The maximum Gasteiger partial charge on any atom is 0.324 e. The molecule has 6 nitrogen and oxygen atoms in total. The second kappa shape index (κ2) is 3.84. The van der Waals surface area contributed by atoms with Crippen molar-refractivity contribution in [3.05, 3.63) is 0 Å². The second-order valence-corrected chi connectivity index (χ2v) is 4.84. The molecule has 1 aliphatic carbocycles. The van der Waals surface area contributed by atoms with Gasteiger partial charge in [-0.25, -0.2) is 4.72 Å². The first-order valence-corrected chi connectivity index (χ1v) is 5.92. The molecule has 1 aliphatic rings. The summed E-state index contributed by atoms with van der Waals surface area (Å²) in [7, 11) is -3.68. The number of carboxylic acids is 1. The molecule has 0 atom stereocenters. The number of aliphatic carboxylic acids is 1. The minimum absolute atomic E-state index is 0.241. The molecule has 0 aromatic carbocycles. The smallest absolute Gasteiger partial charge is 0.324 e. The van der Waals surface area contributed by atoms with Crippen LogP contribution < -0.4 is 9.44 Å². The SMILES string of the molecule is CCNS(=O)(=O)NC1(C(=O)O)CCC1. The first kappa shape index (κ1) is 11.4. The van der Waals surface area contributed by atoms with Crippen LogP contribution in [-0.2, 0) is 15.0 Å². The molecule has 1 saturated carbocycles. The minimum atomic E-state index is -3.68. The highest BCUT2D eigenvalue weighted by Crippen LogP contribution is 2.32. The zero-order valence-electron chi connectivity index (χ0n) is 7.91. The van der Waals surface area contributed by atoms with Gasteiger partial charge in [0, 0.05) is 6.54 Å². The molecule has 3 N–H and O–H groups in total. The van der Waals surface area contributed by atoms with Crippen molar-refractivity contribution >= 4 is 16.2 Å². The van der Waals surface area contributed by atoms with Gasteiger partial charge in [0.2, 0.25) is 0 Å². The Balaban J connectivity index is 2.71. The summed E-state index contributed by atoms with van der Waals surface area (Å²) in [5, 5.41) is 8.86. The molecule has 0 aliphatic heterocycles. The topological polar surface area (TPSA) is 95.5 Å². The van der Waals surface area contributed by atoms with Crippen LogP contribution in [0.1, 0.15) is 26.2 Å². The predicted octanol–water partition coefficient (Wildman–Crippen LogP) is -0.562. The van der Waals surface area contributed by atoms with Gasteiger partial charge < -0.3 is 5.11 Å². The van der Waals surface area contributed by atoms with E-state index in [-0.39, 0.29) is 6.54 Å². The highest BCUT2D eigenvalue weighted by Gasteiger charge is 2.47. The molecule has 0 aromatic heterocycles. The summed E-state index contributed by atoms with van der Waals surface area (Å²) < 4.78 is 26.9. The Labute approximate surface area is 82.9 Å². The Hall–Kier alpha value is -0.660. The van der Waals surface area contributed by atoms with Crippen molar-refractivity contribution < 1.29 is 18.3 Å². The highest BCUT2D eigenvalue weighted by molar-refractivity contribution is 7.87. The molecule has 0 amide bonds. The maximum atomic E-state index is 11.3. The molecule has 82 valence electrons. The highest BCUT2D eigenvalue weighted by atomic mass is 32.2. The molecule has 7 heteroatoms. The molecular formula is C7H14N2O4S. The van der Waals surface area contributed by atoms with Crippen LogP contribution in [0.2, 0.25) is 0 Å². The van der Waals surface area contributed by atoms with Gasteiger partial charge in [-0.2, -0.15) is 13.1 Å². The molecule has 0 spiro atoms. The fourth-order valence-electron chi connectivity index (χ4n) is 1.37. The first-order valence-electron chi connectivity index (χ1n) is 4.44. The summed E-state index contributed by atoms with van der Waals surface area (Å²) >= 11 is 0. The summed E-state index contributed by atoms with van der Waals surface area (Å²) in [5.41, 5.74) is -1.28. The summed E-state index contributed by atoms with van der Waals surface area (Å²) in [6.45, 7) is 1.87. The average molecular weight is 222 g/mol. The number of carbonyl (C=O) groups is 1. The molecule has 1 fully saturated rings. The summed E-state index contributed by atoms with van der Waals surface area (Å²) in [6.07, 6.45) is 1.45. The Morgan fingerprint density at radius 2 is 2.07 bits per heavy atom. The fourth-order valence-corrected chi connectivity index (χ4v) is 2.63. The average Bonchev–Trinajstić information content (AvgIpc) is 1.96. The largest absolute Gasteiger partial charge is 0.480 e. The third kappa shape index (κ3) is 2.23. The van der Waals surface area contributed by atoms with Gasteiger partial charge in [0.25, 0.3) is 10.2 Å². The van der Waals surface area contributed by atoms with Crippen LogP contribution in [-0.4, -0.2) is 31.6 Å². The van der Waals surface area contributed by atoms with Crippen LogP contribution in [0.25, 0.3) is 0 Å². The predicted molar refractivity (Wildman–Crippen MR) is 50.0 cm³/mol. The number of hydrogen-bond donors (Lipinski definition) is 3. The lowest BCUT2D eigenvalue weighted by molar-refractivity contribution is -0.147. The van der Waals surface area contributed by atoms with Crippen LogP contribution in [0.5, 0.6) is 0 Å². The van der Waals surface area contributed by atoms with Gasteiger partial charge >= 0.3 is 5.97 Å². The Morgan fingerprint density at radius 3 is 2.36 bits per heavy atom. The first-order chi connectivity index (χ1) is 6.42. The lowest BCUT2D eigenvalue weighted by atomic mass is 9.78. The third-order valence-corrected chi connectivity index (χ3v) is 3.61. The van der Waals surface area contributed by atoms with E-state index in [1.165, 1.54) is 0 Å². The lowest BCUT2D eigenvalue weighted by Gasteiger charge is -2.37. The van der Waals surface area contributed by atoms with Crippen LogP contribution in [0.4, 0.5) is 0 Å². The van der Waals surface area contributed by atoms with E-state index in [1.54, 1.807) is 6.92 Å². The van der Waals surface area contributed by atoms with Crippen molar-refractivity contribution in [1.82, 2.24) is 9.44 Å². The molecule has 0 radical (unpaired) electrons. The molecule has 0 bridgehead atoms. The molecule has 14 heavy (non-hydrogen) atoms. The van der Waals surface area contributed by atoms with Crippen LogP contribution in [0, 0.1) is 0 Å². The maximum absolute atomic E-state index is 11.3. The van der Waals surface area contributed by atoms with Gasteiger partial charge in [0.15, 0.2) is 0 Å². The number of rotatable bonds is 5. The van der Waals surface area contributed by atoms with Crippen molar-refractivity contribution in [2.75, 3.05) is 6.54 Å². The molecule has 0 saturated heterocycles. The second-order valence-electron chi connectivity index (χ2n) is 3.34. The molecule has 1 rings (SSSR count). The van der Waals surface area contributed by atoms with Gasteiger partial charge in [-0.05, 0) is 19.3 Å². The van der Waals surface area contributed by atoms with Gasteiger partial charge in [0.05, 0.1) is 0 Å². The molecule has 0 heterocycles. The van der Waals surface area contributed by atoms with Gasteiger partial charge in [-0.3, -0.25) is 4.79 Å². The van der Waals surface area contributed by atoms with Gasteiger partial charge in [0.1, 0.15) is 5.54 Å². The van der Waals surface area contributed by atoms with E-state index in [4.69, 9.17) is 5.11 Å². The van der Waals surface area contributed by atoms with Crippen LogP contribution in [0.3, 0.4) is 0 Å². The monoisotopic (exact) mass is 222 g/mol. The van der Waals surface area contributed by atoms with Crippen molar-refractivity contribution in [2.24, 2.45) is 0 Å². The number of hydrogen-bond acceptors (Lipinski definition) is 3. The van der Waals surface area contributed by atoms with E-state index < -0.39 is 21.7 Å². The van der Waals surface area contributed by atoms with Crippen LogP contribution >= 0.6 is 0 Å². The van der Waals surface area contributed by atoms with E-state index in [9.17, 15) is 13.2 Å². The van der Waals surface area contributed by atoms with Gasteiger partial charge in [-0.1, -0.05) is 6.92 Å². The lowest BCUT2D eigenvalue weighted by Crippen LogP contribution is -2.61. The number of nitrogens with one attached hydrogen (secondary N) is 2. The van der Waals surface area contributed by atoms with E-state index in [0.29, 0.717) is 12.8 Å². The van der Waals surface area contributed by atoms with Crippen molar-refractivity contribution in [3.63, 3.8) is 0 Å². The molecule has 0 unspecified atom stereocenters. The Morgan fingerprint density at radius 1 is 1.50 bits per heavy atom. The van der Waals surface area contributed by atoms with Crippen molar-refractivity contribution in [3.8, 4) is 0 Å². The fraction of sp³-hybridized carbons (Fsp3) is 0.857. The summed E-state index contributed by atoms with van der Waals surface area (Å²) in [6, 6.07) is 0. The number of carboxylic acid groups (broad SMARTS) is 1. The normalized spacial score (nSPS) is 20.1. The van der Waals surface area contributed by atoms with E-state index in [1.807, 2.05) is 0 Å². The van der Waals surface area contributed by atoms with Crippen molar-refractivity contribution in [2.45, 2.75) is 31.7 Å². The van der Waals surface area contributed by atoms with E-state index in [2.05, 4.69) is 9.44 Å². The zero-order valence-corrected chi connectivity index (χ0v) is 8.73. The Kier molecular flexibility index (Phi) is 3.13. The Bertz CT molecular complexity index is 321. The van der Waals surface area contributed by atoms with E-state index in [0.717, 1.165) is 6.42 Å². The quantitative estimate of drug-likeness (QED) is 0.581. The zero-order chi connectivity index (χ0) is 10.8. The minimum Gasteiger partial charge on any atom is -0.480 e. The van der Waals surface area contributed by atoms with Crippen LogP contribution in [0.15, 0.2) is 0 Å².